The van der Waals surface area contributed by atoms with Crippen molar-refractivity contribution in [3.63, 3.8) is 0 Å². The lowest BCUT2D eigenvalue weighted by molar-refractivity contribution is 0.151. The lowest BCUT2D eigenvalue weighted by Crippen LogP contribution is -2.47. The Labute approximate surface area is 101 Å². The molecule has 2 nitrogen and oxygen atoms in total. The summed E-state index contributed by atoms with van der Waals surface area (Å²) in [4.78, 5) is 2.47. The maximum atomic E-state index is 3.81. The third-order valence-electron chi connectivity index (χ3n) is 4.87. The van der Waals surface area contributed by atoms with Gasteiger partial charge in [0.15, 0.2) is 0 Å². The molecule has 2 heteroatoms. The summed E-state index contributed by atoms with van der Waals surface area (Å²) >= 11 is 0. The Hall–Kier alpha value is -0.0800. The van der Waals surface area contributed by atoms with Crippen LogP contribution in [0.1, 0.15) is 46.0 Å². The van der Waals surface area contributed by atoms with Gasteiger partial charge in [0.1, 0.15) is 0 Å². The first-order chi connectivity index (χ1) is 7.62. The predicted molar refractivity (Wildman–Crippen MR) is 69.6 cm³/mol. The molecule has 0 aromatic rings. The van der Waals surface area contributed by atoms with E-state index in [4.69, 9.17) is 0 Å². The first-order valence-electron chi connectivity index (χ1n) is 7.06. The van der Waals surface area contributed by atoms with E-state index in [1.165, 1.54) is 51.7 Å². The van der Waals surface area contributed by atoms with Gasteiger partial charge in [-0.1, -0.05) is 13.8 Å². The van der Waals surface area contributed by atoms with E-state index in [-0.39, 0.29) is 0 Å². The highest BCUT2D eigenvalue weighted by Crippen LogP contribution is 2.36. The van der Waals surface area contributed by atoms with Crippen molar-refractivity contribution in [1.29, 1.82) is 0 Å². The third-order valence-corrected chi connectivity index (χ3v) is 4.87. The van der Waals surface area contributed by atoms with Crippen LogP contribution < -0.4 is 5.32 Å². The van der Waals surface area contributed by atoms with E-state index in [0.717, 1.165) is 11.8 Å². The summed E-state index contributed by atoms with van der Waals surface area (Å²) in [5, 5.41) is 3.81. The van der Waals surface area contributed by atoms with Crippen LogP contribution in [0, 0.1) is 11.8 Å². The lowest BCUT2D eigenvalue weighted by atomic mass is 9.75. The molecule has 0 aromatic heterocycles. The maximum Gasteiger partial charge on any atom is 0.0207 e. The second-order valence-electron chi connectivity index (χ2n) is 6.29. The highest BCUT2D eigenvalue weighted by molar-refractivity contribution is 4.97. The smallest absolute Gasteiger partial charge is 0.0207 e. The molecular weight excluding hydrogens is 196 g/mol. The summed E-state index contributed by atoms with van der Waals surface area (Å²) in [6, 6.07) is 0. The van der Waals surface area contributed by atoms with Crippen LogP contribution >= 0.6 is 0 Å². The van der Waals surface area contributed by atoms with E-state index < -0.39 is 0 Å². The fourth-order valence-electron chi connectivity index (χ4n) is 3.51. The molecule has 0 saturated carbocycles. The van der Waals surface area contributed by atoms with Crippen molar-refractivity contribution in [2.75, 3.05) is 26.7 Å². The summed E-state index contributed by atoms with van der Waals surface area (Å²) in [7, 11) is 2.25. The highest BCUT2D eigenvalue weighted by Gasteiger charge is 2.38. The number of nitrogens with zero attached hydrogens (tertiary/aromatic N) is 1. The van der Waals surface area contributed by atoms with Gasteiger partial charge < -0.3 is 10.2 Å². The van der Waals surface area contributed by atoms with Crippen LogP contribution in [0.4, 0.5) is 0 Å². The Kier molecular flexibility index (Phi) is 3.91. The Morgan fingerprint density at radius 3 is 2.50 bits per heavy atom. The van der Waals surface area contributed by atoms with Crippen molar-refractivity contribution in [3.8, 4) is 0 Å². The number of hydrogen-bond donors (Lipinski definition) is 1. The molecule has 1 atom stereocenters. The molecule has 2 aliphatic rings. The summed E-state index contributed by atoms with van der Waals surface area (Å²) in [6.45, 7) is 8.64. The molecule has 1 N–H and O–H groups in total. The maximum absolute atomic E-state index is 3.81. The molecule has 2 saturated heterocycles. The lowest BCUT2D eigenvalue weighted by Gasteiger charge is -2.39. The summed E-state index contributed by atoms with van der Waals surface area (Å²) in [5.74, 6) is 1.75. The Bertz CT molecular complexity index is 211. The summed E-state index contributed by atoms with van der Waals surface area (Å²) < 4.78 is 0. The van der Waals surface area contributed by atoms with E-state index >= 15 is 0 Å². The van der Waals surface area contributed by atoms with Gasteiger partial charge in [-0.3, -0.25) is 0 Å². The first kappa shape index (κ1) is 12.4. The van der Waals surface area contributed by atoms with Crippen molar-refractivity contribution in [2.24, 2.45) is 11.8 Å². The Morgan fingerprint density at radius 1 is 1.31 bits per heavy atom. The summed E-state index contributed by atoms with van der Waals surface area (Å²) in [6.07, 6.45) is 7.01. The molecule has 0 amide bonds. The van der Waals surface area contributed by atoms with Gasteiger partial charge in [0.25, 0.3) is 0 Å². The van der Waals surface area contributed by atoms with Gasteiger partial charge in [-0.2, -0.15) is 0 Å². The molecule has 94 valence electrons. The second kappa shape index (κ2) is 5.05. The van der Waals surface area contributed by atoms with Crippen LogP contribution in [0.15, 0.2) is 0 Å². The van der Waals surface area contributed by atoms with Crippen LogP contribution in [-0.2, 0) is 0 Å². The molecule has 0 radical (unpaired) electrons. The van der Waals surface area contributed by atoms with Crippen LogP contribution in [0.25, 0.3) is 0 Å². The van der Waals surface area contributed by atoms with E-state index in [2.05, 4.69) is 31.1 Å². The average molecular weight is 224 g/mol. The molecule has 0 spiro atoms. The fraction of sp³-hybridized carbons (Fsp3) is 1.00. The van der Waals surface area contributed by atoms with Crippen LogP contribution in [0.2, 0.25) is 0 Å². The highest BCUT2D eigenvalue weighted by atomic mass is 15.1. The average Bonchev–Trinajstić information content (AvgIpc) is 2.71. The van der Waals surface area contributed by atoms with E-state index in [1.54, 1.807) is 0 Å². The SMILES string of the molecule is CC(C)C1(CC2CCN(C)CC2)CCCN1. The number of piperidine rings is 1. The molecule has 0 bridgehead atoms. The minimum atomic E-state index is 0.473. The largest absolute Gasteiger partial charge is 0.311 e. The van der Waals surface area contributed by atoms with E-state index in [0.29, 0.717) is 5.54 Å². The number of rotatable bonds is 3. The van der Waals surface area contributed by atoms with Crippen molar-refractivity contribution < 1.29 is 0 Å². The topological polar surface area (TPSA) is 15.3 Å². The molecule has 0 aliphatic carbocycles. The van der Waals surface area contributed by atoms with Crippen LogP contribution in [-0.4, -0.2) is 37.1 Å². The van der Waals surface area contributed by atoms with Crippen LogP contribution in [0.5, 0.6) is 0 Å². The standard InChI is InChI=1S/C14H28N2/c1-12(2)14(7-4-8-15-14)11-13-5-9-16(3)10-6-13/h12-13,15H,4-11H2,1-3H3. The first-order valence-corrected chi connectivity index (χ1v) is 7.06. The van der Waals surface area contributed by atoms with Gasteiger partial charge in [0.2, 0.25) is 0 Å². The zero-order valence-electron chi connectivity index (χ0n) is 11.3. The van der Waals surface area contributed by atoms with Crippen molar-refractivity contribution in [3.05, 3.63) is 0 Å². The predicted octanol–water partition coefficient (Wildman–Crippen LogP) is 2.50. The minimum Gasteiger partial charge on any atom is -0.311 e. The zero-order valence-corrected chi connectivity index (χ0v) is 11.3. The molecule has 16 heavy (non-hydrogen) atoms. The second-order valence-corrected chi connectivity index (χ2v) is 6.29. The molecule has 0 aromatic carbocycles. The number of hydrogen-bond acceptors (Lipinski definition) is 2. The van der Waals surface area contributed by atoms with Gasteiger partial charge in [-0.05, 0) is 70.6 Å². The van der Waals surface area contributed by atoms with E-state index in [1.807, 2.05) is 0 Å². The number of likely N-dealkylation sites (tertiary alicyclic amines) is 1. The molecule has 2 rings (SSSR count). The van der Waals surface area contributed by atoms with Crippen molar-refractivity contribution in [2.45, 2.75) is 51.5 Å². The number of nitrogens with one attached hydrogen (secondary N) is 1. The van der Waals surface area contributed by atoms with Gasteiger partial charge in [0.05, 0.1) is 0 Å². The zero-order chi connectivity index (χ0) is 11.6. The van der Waals surface area contributed by atoms with Gasteiger partial charge >= 0.3 is 0 Å². The van der Waals surface area contributed by atoms with Gasteiger partial charge in [0, 0.05) is 5.54 Å². The Morgan fingerprint density at radius 2 is 2.00 bits per heavy atom. The monoisotopic (exact) mass is 224 g/mol. The van der Waals surface area contributed by atoms with Crippen molar-refractivity contribution in [1.82, 2.24) is 10.2 Å². The van der Waals surface area contributed by atoms with E-state index in [9.17, 15) is 0 Å². The normalized spacial score (nSPS) is 33.8. The summed E-state index contributed by atoms with van der Waals surface area (Å²) in [5.41, 5.74) is 0.473. The van der Waals surface area contributed by atoms with Gasteiger partial charge in [-0.25, -0.2) is 0 Å². The third kappa shape index (κ3) is 2.60. The minimum absolute atomic E-state index is 0.473. The quantitative estimate of drug-likeness (QED) is 0.792. The Balaban J connectivity index is 1.91. The molecular formula is C14H28N2. The molecule has 2 fully saturated rings. The molecule has 2 heterocycles. The van der Waals surface area contributed by atoms with Gasteiger partial charge in [-0.15, -0.1) is 0 Å². The molecule has 1 unspecified atom stereocenters. The van der Waals surface area contributed by atoms with Crippen molar-refractivity contribution >= 4 is 0 Å². The molecule has 2 aliphatic heterocycles. The van der Waals surface area contributed by atoms with Crippen LogP contribution in [0.3, 0.4) is 0 Å². The fourth-order valence-corrected chi connectivity index (χ4v) is 3.51.